The van der Waals surface area contributed by atoms with Crippen LogP contribution in [0.2, 0.25) is 0 Å². The minimum absolute atomic E-state index is 0.0624. The Morgan fingerprint density at radius 3 is 2.37 bits per heavy atom. The van der Waals surface area contributed by atoms with E-state index in [1.54, 1.807) is 42.5 Å². The van der Waals surface area contributed by atoms with E-state index in [-0.39, 0.29) is 23.3 Å². The average Bonchev–Trinajstić information content (AvgIpc) is 2.97. The van der Waals surface area contributed by atoms with Crippen molar-refractivity contribution in [1.29, 1.82) is 0 Å². The molecule has 5 rings (SSSR count). The molecular formula is C30H23F3N6O2. The second-order valence-electron chi connectivity index (χ2n) is 9.07. The van der Waals surface area contributed by atoms with E-state index in [1.165, 1.54) is 24.7 Å². The van der Waals surface area contributed by atoms with Gasteiger partial charge in [-0.1, -0.05) is 54.6 Å². The molecule has 0 saturated carbocycles. The van der Waals surface area contributed by atoms with Gasteiger partial charge in [-0.3, -0.25) is 14.6 Å². The molecule has 11 heteroatoms. The van der Waals surface area contributed by atoms with E-state index in [4.69, 9.17) is 0 Å². The second kappa shape index (κ2) is 11.8. The molecule has 2 aromatic heterocycles. The average molecular weight is 557 g/mol. The number of nitrogens with one attached hydrogen (secondary N) is 3. The number of hydrogen-bond acceptors (Lipinski definition) is 6. The van der Waals surface area contributed by atoms with Gasteiger partial charge >= 0.3 is 6.18 Å². The molecule has 3 aromatic carbocycles. The molecule has 0 unspecified atom stereocenters. The SMILES string of the molecule is O=C(N[C@@H](Cc1ccccc1)C(=O)Nc1cccc(Nc2cc(C(F)(F)F)nc3ccccc23)c1)c1cnccn1. The number of hydrogen-bond donors (Lipinski definition) is 3. The van der Waals surface area contributed by atoms with Crippen LogP contribution >= 0.6 is 0 Å². The molecule has 5 aromatic rings. The minimum Gasteiger partial charge on any atom is -0.355 e. The molecule has 0 spiro atoms. The largest absolute Gasteiger partial charge is 0.433 e. The molecule has 1 atom stereocenters. The van der Waals surface area contributed by atoms with Gasteiger partial charge < -0.3 is 16.0 Å². The van der Waals surface area contributed by atoms with Gasteiger partial charge in [0.05, 0.1) is 17.4 Å². The zero-order valence-electron chi connectivity index (χ0n) is 21.4. The van der Waals surface area contributed by atoms with E-state index in [0.29, 0.717) is 16.8 Å². The summed E-state index contributed by atoms with van der Waals surface area (Å²) in [5.74, 6) is -1.05. The predicted octanol–water partition coefficient (Wildman–Crippen LogP) is 5.77. The fourth-order valence-electron chi connectivity index (χ4n) is 4.19. The number of benzene rings is 3. The second-order valence-corrected chi connectivity index (χ2v) is 9.07. The molecule has 0 fully saturated rings. The molecule has 0 bridgehead atoms. The summed E-state index contributed by atoms with van der Waals surface area (Å²) in [5, 5.41) is 9.03. The van der Waals surface area contributed by atoms with E-state index in [9.17, 15) is 22.8 Å². The van der Waals surface area contributed by atoms with Crippen molar-refractivity contribution in [2.45, 2.75) is 18.6 Å². The number of aromatic nitrogens is 3. The third kappa shape index (κ3) is 6.82. The van der Waals surface area contributed by atoms with E-state index in [2.05, 4.69) is 30.9 Å². The van der Waals surface area contributed by atoms with Gasteiger partial charge in [0, 0.05) is 35.6 Å². The van der Waals surface area contributed by atoms with Gasteiger partial charge in [-0.25, -0.2) is 9.97 Å². The summed E-state index contributed by atoms with van der Waals surface area (Å²) in [7, 11) is 0. The Morgan fingerprint density at radius 2 is 1.61 bits per heavy atom. The molecule has 3 N–H and O–H groups in total. The van der Waals surface area contributed by atoms with E-state index >= 15 is 0 Å². The maximum absolute atomic E-state index is 13.5. The lowest BCUT2D eigenvalue weighted by Crippen LogP contribution is -2.45. The molecule has 41 heavy (non-hydrogen) atoms. The number of fused-ring (bicyclic) bond motifs is 1. The van der Waals surface area contributed by atoms with Crippen LogP contribution in [0.5, 0.6) is 0 Å². The number of carbonyl (C=O) groups excluding carboxylic acids is 2. The number of pyridine rings is 1. The molecule has 0 aliphatic carbocycles. The van der Waals surface area contributed by atoms with Crippen molar-refractivity contribution >= 4 is 39.8 Å². The van der Waals surface area contributed by atoms with Gasteiger partial charge in [0.25, 0.3) is 5.91 Å². The summed E-state index contributed by atoms with van der Waals surface area (Å²) in [6.45, 7) is 0. The van der Waals surface area contributed by atoms with Crippen LogP contribution in [-0.4, -0.2) is 32.8 Å². The standard InChI is InChI=1S/C30H23F3N6O2/c31-30(32,33)27-17-24(22-11-4-5-12-23(22)38-27)36-20-9-6-10-21(16-20)37-28(40)25(15-19-7-2-1-3-8-19)39-29(41)26-18-34-13-14-35-26/h1-14,16-18,25H,15H2,(H,36,38)(H,37,40)(H,39,41)/t25-/m0/s1. The first-order chi connectivity index (χ1) is 19.8. The Morgan fingerprint density at radius 1 is 0.854 bits per heavy atom. The van der Waals surface area contributed by atoms with Crippen LogP contribution in [0.4, 0.5) is 30.2 Å². The third-order valence-electron chi connectivity index (χ3n) is 6.12. The highest BCUT2D eigenvalue weighted by atomic mass is 19.4. The quantitative estimate of drug-likeness (QED) is 0.224. The zero-order valence-corrected chi connectivity index (χ0v) is 21.4. The van der Waals surface area contributed by atoms with E-state index in [0.717, 1.165) is 11.6 Å². The molecule has 0 saturated heterocycles. The molecule has 8 nitrogen and oxygen atoms in total. The van der Waals surface area contributed by atoms with Crippen molar-refractivity contribution in [1.82, 2.24) is 20.3 Å². The van der Waals surface area contributed by atoms with Crippen LogP contribution < -0.4 is 16.0 Å². The Labute approximate surface area is 232 Å². The first-order valence-electron chi connectivity index (χ1n) is 12.5. The first kappa shape index (κ1) is 27.3. The number of carbonyl (C=O) groups is 2. The van der Waals surface area contributed by atoms with Crippen LogP contribution in [0, 0.1) is 0 Å². The number of nitrogens with zero attached hydrogens (tertiary/aromatic N) is 3. The molecule has 0 radical (unpaired) electrons. The molecule has 2 heterocycles. The Balaban J connectivity index is 1.38. The topological polar surface area (TPSA) is 109 Å². The summed E-state index contributed by atoms with van der Waals surface area (Å²) in [6, 6.07) is 22.2. The molecular weight excluding hydrogens is 533 g/mol. The van der Waals surface area contributed by atoms with Gasteiger partial charge in [-0.15, -0.1) is 0 Å². The van der Waals surface area contributed by atoms with E-state index < -0.39 is 29.7 Å². The minimum atomic E-state index is -4.63. The summed E-state index contributed by atoms with van der Waals surface area (Å²) in [5.41, 5.74) is 1.09. The fraction of sp³-hybridized carbons (Fsp3) is 0.100. The van der Waals surface area contributed by atoms with Crippen molar-refractivity contribution in [3.8, 4) is 0 Å². The summed E-state index contributed by atoms with van der Waals surface area (Å²) < 4.78 is 40.5. The number of amides is 2. The maximum Gasteiger partial charge on any atom is 0.433 e. The van der Waals surface area contributed by atoms with Crippen LogP contribution in [0.25, 0.3) is 10.9 Å². The lowest BCUT2D eigenvalue weighted by atomic mass is 10.0. The third-order valence-corrected chi connectivity index (χ3v) is 6.12. The van der Waals surface area contributed by atoms with Crippen LogP contribution in [0.1, 0.15) is 21.7 Å². The Kier molecular flexibility index (Phi) is 7.86. The smallest absolute Gasteiger partial charge is 0.355 e. The van der Waals surface area contributed by atoms with Crippen LogP contribution in [0.15, 0.2) is 104 Å². The normalized spacial score (nSPS) is 12.0. The number of halogens is 3. The van der Waals surface area contributed by atoms with Crippen molar-refractivity contribution in [2.75, 3.05) is 10.6 Å². The van der Waals surface area contributed by atoms with Crippen LogP contribution in [-0.2, 0) is 17.4 Å². The number of rotatable bonds is 8. The summed E-state index contributed by atoms with van der Waals surface area (Å²) in [4.78, 5) is 37.8. The highest BCUT2D eigenvalue weighted by Crippen LogP contribution is 2.34. The molecule has 0 aliphatic rings. The van der Waals surface area contributed by atoms with Crippen molar-refractivity contribution in [2.24, 2.45) is 0 Å². The zero-order chi connectivity index (χ0) is 28.8. The molecule has 2 amide bonds. The van der Waals surface area contributed by atoms with Gasteiger partial charge in [-0.05, 0) is 35.9 Å². The number of para-hydroxylation sites is 1. The maximum atomic E-state index is 13.5. The van der Waals surface area contributed by atoms with Gasteiger partial charge in [-0.2, -0.15) is 13.2 Å². The highest BCUT2D eigenvalue weighted by Gasteiger charge is 2.33. The summed E-state index contributed by atoms with van der Waals surface area (Å²) in [6.07, 6.45) is -0.303. The fourth-order valence-corrected chi connectivity index (χ4v) is 4.19. The Bertz CT molecular complexity index is 1680. The van der Waals surface area contributed by atoms with Crippen molar-refractivity contribution < 1.29 is 22.8 Å². The van der Waals surface area contributed by atoms with Gasteiger partial charge in [0.1, 0.15) is 17.4 Å². The number of alkyl halides is 3. The van der Waals surface area contributed by atoms with E-state index in [1.807, 2.05) is 30.3 Å². The first-order valence-corrected chi connectivity index (χ1v) is 12.5. The van der Waals surface area contributed by atoms with Crippen LogP contribution in [0.3, 0.4) is 0 Å². The highest BCUT2D eigenvalue weighted by molar-refractivity contribution is 6.01. The number of anilines is 3. The van der Waals surface area contributed by atoms with Gasteiger partial charge in [0.2, 0.25) is 5.91 Å². The predicted molar refractivity (Wildman–Crippen MR) is 149 cm³/mol. The lowest BCUT2D eigenvalue weighted by molar-refractivity contribution is -0.140. The summed E-state index contributed by atoms with van der Waals surface area (Å²) >= 11 is 0. The molecule has 0 aliphatic heterocycles. The van der Waals surface area contributed by atoms with Crippen molar-refractivity contribution in [3.05, 3.63) is 120 Å². The Hall–Kier alpha value is -5.32. The molecule has 206 valence electrons. The monoisotopic (exact) mass is 556 g/mol. The lowest BCUT2D eigenvalue weighted by Gasteiger charge is -2.19. The van der Waals surface area contributed by atoms with Gasteiger partial charge in [0.15, 0.2) is 0 Å². The van der Waals surface area contributed by atoms with Crippen molar-refractivity contribution in [3.63, 3.8) is 0 Å².